The highest BCUT2D eigenvalue weighted by Gasteiger charge is 2.39. The smallest absolute Gasteiger partial charge is 0.416 e. The third-order valence-corrected chi connectivity index (χ3v) is 7.38. The molecule has 2 aliphatic heterocycles. The monoisotopic (exact) mass is 583 g/mol. The van der Waals surface area contributed by atoms with E-state index < -0.39 is 17.8 Å². The number of nitrogens with zero attached hydrogens (tertiary/aromatic N) is 5. The van der Waals surface area contributed by atoms with Crippen molar-refractivity contribution in [2.24, 2.45) is 4.99 Å². The van der Waals surface area contributed by atoms with Crippen molar-refractivity contribution in [1.29, 1.82) is 5.26 Å². The Kier molecular flexibility index (Phi) is 8.68. The van der Waals surface area contributed by atoms with Gasteiger partial charge < -0.3 is 19.3 Å². The molecular formula is C30H29ClF3N5O2. The van der Waals surface area contributed by atoms with Gasteiger partial charge in [0.05, 0.1) is 24.3 Å². The maximum Gasteiger partial charge on any atom is 0.416 e. The number of alkyl halides is 3. The minimum atomic E-state index is -4.48. The minimum Gasteiger partial charge on any atom is -0.457 e. The number of anilines is 1. The van der Waals surface area contributed by atoms with E-state index in [1.807, 2.05) is 35.0 Å². The fourth-order valence-corrected chi connectivity index (χ4v) is 5.29. The molecule has 11 heteroatoms. The van der Waals surface area contributed by atoms with Crippen molar-refractivity contribution in [3.05, 3.63) is 88.9 Å². The van der Waals surface area contributed by atoms with Crippen LogP contribution in [0.2, 0.25) is 5.02 Å². The van der Waals surface area contributed by atoms with Crippen LogP contribution in [0.4, 0.5) is 18.9 Å². The summed E-state index contributed by atoms with van der Waals surface area (Å²) in [6.45, 7) is 5.87. The second kappa shape index (κ2) is 12.4. The molecule has 0 amide bonds. The molecule has 2 heterocycles. The minimum absolute atomic E-state index is 0.123. The van der Waals surface area contributed by atoms with E-state index in [2.05, 4.69) is 9.89 Å². The van der Waals surface area contributed by atoms with Crippen LogP contribution in [0.3, 0.4) is 0 Å². The summed E-state index contributed by atoms with van der Waals surface area (Å²) in [5.41, 5.74) is 0.433. The van der Waals surface area contributed by atoms with Gasteiger partial charge in [0.25, 0.3) is 0 Å². The fourth-order valence-electron chi connectivity index (χ4n) is 5.17. The third-order valence-electron chi connectivity index (χ3n) is 7.13. The highest BCUT2D eigenvalue weighted by molar-refractivity contribution is 6.30. The molecule has 0 aromatic heterocycles. The average molecular weight is 584 g/mol. The zero-order valence-electron chi connectivity index (χ0n) is 22.4. The number of morpholine rings is 1. The van der Waals surface area contributed by atoms with Crippen LogP contribution in [0.25, 0.3) is 0 Å². The summed E-state index contributed by atoms with van der Waals surface area (Å²) in [4.78, 5) is 10.2. The average Bonchev–Trinajstić information content (AvgIpc) is 3.31. The number of guanidine groups is 1. The molecule has 0 aliphatic carbocycles. The van der Waals surface area contributed by atoms with Crippen LogP contribution < -0.4 is 9.64 Å². The Morgan fingerprint density at radius 2 is 1.73 bits per heavy atom. The van der Waals surface area contributed by atoms with Gasteiger partial charge in [-0.1, -0.05) is 23.7 Å². The number of halogens is 4. The van der Waals surface area contributed by atoms with E-state index in [1.54, 1.807) is 42.5 Å². The van der Waals surface area contributed by atoms with Crippen LogP contribution in [-0.4, -0.2) is 61.2 Å². The van der Waals surface area contributed by atoms with Crippen LogP contribution in [0.5, 0.6) is 11.5 Å². The topological polar surface area (TPSA) is 64.3 Å². The lowest BCUT2D eigenvalue weighted by atomic mass is 10.0. The van der Waals surface area contributed by atoms with E-state index in [-0.39, 0.29) is 6.10 Å². The lowest BCUT2D eigenvalue weighted by Gasteiger charge is -2.32. The predicted molar refractivity (Wildman–Crippen MR) is 151 cm³/mol. The van der Waals surface area contributed by atoms with Crippen LogP contribution in [-0.2, 0) is 10.9 Å². The van der Waals surface area contributed by atoms with Crippen molar-refractivity contribution >= 4 is 23.2 Å². The van der Waals surface area contributed by atoms with E-state index in [1.165, 1.54) is 12.1 Å². The summed E-state index contributed by atoms with van der Waals surface area (Å²) in [6.07, 6.45) is -2.46. The largest absolute Gasteiger partial charge is 0.457 e. The number of benzene rings is 3. The van der Waals surface area contributed by atoms with E-state index in [9.17, 15) is 18.4 Å². The zero-order valence-corrected chi connectivity index (χ0v) is 23.1. The molecule has 0 bridgehead atoms. The number of hydrogen-bond donors (Lipinski definition) is 0. The summed E-state index contributed by atoms with van der Waals surface area (Å²) >= 11 is 5.96. The SMILES string of the molecule is CC1CN(CCN2CC(c3cccc(C(F)(F)F)c3)N(c3ccc(Oc4ccc(Cl)cc4)cc3)C2=NC#N)CCO1. The van der Waals surface area contributed by atoms with E-state index in [0.29, 0.717) is 60.0 Å². The first-order chi connectivity index (χ1) is 19.7. The van der Waals surface area contributed by atoms with Gasteiger partial charge in [-0.15, -0.1) is 4.99 Å². The molecule has 0 saturated carbocycles. The van der Waals surface area contributed by atoms with Crippen molar-refractivity contribution in [2.45, 2.75) is 25.2 Å². The van der Waals surface area contributed by atoms with E-state index in [4.69, 9.17) is 21.1 Å². The number of rotatable bonds is 7. The summed E-state index contributed by atoms with van der Waals surface area (Å²) in [5, 5.41) is 10.2. The molecule has 7 nitrogen and oxygen atoms in total. The summed E-state index contributed by atoms with van der Waals surface area (Å²) < 4.78 is 52.4. The maximum absolute atomic E-state index is 13.6. The van der Waals surface area contributed by atoms with Crippen molar-refractivity contribution < 1.29 is 22.6 Å². The molecular weight excluding hydrogens is 555 g/mol. The maximum atomic E-state index is 13.6. The quantitative estimate of drug-likeness (QED) is 0.293. The fraction of sp³-hybridized carbons (Fsp3) is 0.333. The van der Waals surface area contributed by atoms with Gasteiger partial charge in [-0.2, -0.15) is 18.4 Å². The Hall–Kier alpha value is -3.78. The number of ether oxygens (including phenoxy) is 2. The lowest BCUT2D eigenvalue weighted by Crippen LogP contribution is -2.45. The molecule has 0 N–H and O–H groups in total. The van der Waals surface area contributed by atoms with Gasteiger partial charge in [0.1, 0.15) is 11.5 Å². The lowest BCUT2D eigenvalue weighted by molar-refractivity contribution is -0.137. The zero-order chi connectivity index (χ0) is 29.0. The molecule has 3 aromatic rings. The predicted octanol–water partition coefficient (Wildman–Crippen LogP) is 6.57. The highest BCUT2D eigenvalue weighted by Crippen LogP contribution is 2.38. The Bertz CT molecular complexity index is 1410. The van der Waals surface area contributed by atoms with Crippen LogP contribution in [0, 0.1) is 11.5 Å². The van der Waals surface area contributed by atoms with Gasteiger partial charge in [-0.05, 0) is 73.2 Å². The van der Waals surface area contributed by atoms with E-state index in [0.717, 1.165) is 19.2 Å². The first kappa shape index (κ1) is 28.7. The van der Waals surface area contributed by atoms with Crippen LogP contribution >= 0.6 is 11.6 Å². The van der Waals surface area contributed by atoms with Crippen LogP contribution in [0.15, 0.2) is 77.8 Å². The molecule has 2 saturated heterocycles. The van der Waals surface area contributed by atoms with Gasteiger partial charge in [-0.3, -0.25) is 4.90 Å². The van der Waals surface area contributed by atoms with Gasteiger partial charge in [0.15, 0.2) is 0 Å². The number of aliphatic imine (C=N–C) groups is 1. The molecule has 0 spiro atoms. The van der Waals surface area contributed by atoms with Crippen molar-refractivity contribution in [3.63, 3.8) is 0 Å². The molecule has 2 atom stereocenters. The second-order valence-electron chi connectivity index (χ2n) is 10.00. The van der Waals surface area contributed by atoms with Crippen molar-refractivity contribution in [3.8, 4) is 17.7 Å². The third kappa shape index (κ3) is 6.93. The highest BCUT2D eigenvalue weighted by atomic mass is 35.5. The molecule has 2 fully saturated rings. The molecule has 0 radical (unpaired) electrons. The number of nitriles is 1. The first-order valence-corrected chi connectivity index (χ1v) is 13.6. The molecule has 2 unspecified atom stereocenters. The first-order valence-electron chi connectivity index (χ1n) is 13.3. The Morgan fingerprint density at radius 3 is 2.39 bits per heavy atom. The summed E-state index contributed by atoms with van der Waals surface area (Å²) in [7, 11) is 0. The van der Waals surface area contributed by atoms with Gasteiger partial charge in [0, 0.05) is 43.4 Å². The molecule has 5 rings (SSSR count). The Labute approximate surface area is 242 Å². The molecule has 2 aliphatic rings. The van der Waals surface area contributed by atoms with Gasteiger partial charge in [0.2, 0.25) is 12.2 Å². The summed E-state index contributed by atoms with van der Waals surface area (Å²) in [5.74, 6) is 1.58. The van der Waals surface area contributed by atoms with Crippen molar-refractivity contribution in [2.75, 3.05) is 44.2 Å². The van der Waals surface area contributed by atoms with Gasteiger partial charge >= 0.3 is 6.18 Å². The second-order valence-corrected chi connectivity index (χ2v) is 10.4. The number of hydrogen-bond acceptors (Lipinski definition) is 5. The van der Waals surface area contributed by atoms with Gasteiger partial charge in [-0.25, -0.2) is 0 Å². The van der Waals surface area contributed by atoms with Crippen molar-refractivity contribution in [1.82, 2.24) is 9.80 Å². The van der Waals surface area contributed by atoms with E-state index >= 15 is 0 Å². The normalized spacial score (nSPS) is 20.8. The molecule has 214 valence electrons. The Balaban J connectivity index is 1.45. The summed E-state index contributed by atoms with van der Waals surface area (Å²) in [6, 6.07) is 19.0. The standard InChI is InChI=1S/C30H29ClF3N5O2/c1-21-18-37(15-16-40-21)13-14-38-19-28(22-3-2-4-23(17-22)30(32,33)34)39(29(38)36-20-35)25-7-11-27(12-8-25)41-26-9-5-24(31)6-10-26/h2-12,17,21,28H,13-16,18-19H2,1H3. The van der Waals surface area contributed by atoms with Crippen LogP contribution in [0.1, 0.15) is 24.1 Å². The molecule has 41 heavy (non-hydrogen) atoms. The Morgan fingerprint density at radius 1 is 1.02 bits per heavy atom. The molecule has 3 aromatic carbocycles.